The quantitative estimate of drug-likeness (QED) is 0.510. The van der Waals surface area contributed by atoms with Gasteiger partial charge in [0.15, 0.2) is 5.17 Å². The summed E-state index contributed by atoms with van der Waals surface area (Å²) in [4.78, 5) is 22.0. The summed E-state index contributed by atoms with van der Waals surface area (Å²) in [5, 5.41) is 0.787. The molecule has 1 amide bonds. The standard InChI is InChI=1S/C26H25N3O2S/c1-18-3-7-20(8-4-18)23-12-11-22(31-23)17-24-25(30)27-26(32-24)29-15-13-28(14-16-29)21-9-5-19(2)6-10-21/h3-12,17H,13-16H2,1-2H3/b24-17+. The number of piperazine rings is 1. The van der Waals surface area contributed by atoms with Crippen molar-refractivity contribution in [2.45, 2.75) is 13.8 Å². The molecule has 0 aliphatic carbocycles. The molecule has 2 aromatic carbocycles. The Bertz CT molecular complexity index is 1180. The van der Waals surface area contributed by atoms with Gasteiger partial charge in [0.1, 0.15) is 11.5 Å². The molecule has 0 spiro atoms. The summed E-state index contributed by atoms with van der Waals surface area (Å²) < 4.78 is 5.96. The summed E-state index contributed by atoms with van der Waals surface area (Å²) in [5.74, 6) is 1.26. The van der Waals surface area contributed by atoms with Gasteiger partial charge in [-0.05, 0) is 49.9 Å². The molecule has 1 saturated heterocycles. The van der Waals surface area contributed by atoms with Crippen molar-refractivity contribution in [2.75, 3.05) is 31.1 Å². The zero-order valence-electron chi connectivity index (χ0n) is 18.2. The third-order valence-corrected chi connectivity index (χ3v) is 6.84. The molecule has 5 nitrogen and oxygen atoms in total. The fraction of sp³-hybridized carbons (Fsp3) is 0.231. The van der Waals surface area contributed by atoms with Crippen LogP contribution < -0.4 is 4.90 Å². The molecular weight excluding hydrogens is 418 g/mol. The van der Waals surface area contributed by atoms with Crippen LogP contribution in [0.2, 0.25) is 0 Å². The summed E-state index contributed by atoms with van der Waals surface area (Å²) in [7, 11) is 0. The van der Waals surface area contributed by atoms with E-state index in [9.17, 15) is 4.79 Å². The highest BCUT2D eigenvalue weighted by molar-refractivity contribution is 8.18. The maximum Gasteiger partial charge on any atom is 0.286 e. The first-order valence-corrected chi connectivity index (χ1v) is 11.6. The van der Waals surface area contributed by atoms with Gasteiger partial charge in [0.2, 0.25) is 0 Å². The predicted molar refractivity (Wildman–Crippen MR) is 132 cm³/mol. The van der Waals surface area contributed by atoms with Gasteiger partial charge in [-0.15, -0.1) is 0 Å². The zero-order chi connectivity index (χ0) is 22.1. The summed E-state index contributed by atoms with van der Waals surface area (Å²) in [6, 6.07) is 20.7. The van der Waals surface area contributed by atoms with E-state index in [0.29, 0.717) is 10.7 Å². The number of amidine groups is 1. The molecule has 0 bridgehead atoms. The van der Waals surface area contributed by atoms with E-state index in [4.69, 9.17) is 4.42 Å². The lowest BCUT2D eigenvalue weighted by Gasteiger charge is -2.36. The minimum absolute atomic E-state index is 0.195. The van der Waals surface area contributed by atoms with Gasteiger partial charge in [-0.1, -0.05) is 47.5 Å². The Hall–Kier alpha value is -3.25. The highest BCUT2D eigenvalue weighted by atomic mass is 32.2. The second kappa shape index (κ2) is 8.71. The number of amides is 1. The van der Waals surface area contributed by atoms with Gasteiger partial charge in [-0.25, -0.2) is 0 Å². The van der Waals surface area contributed by atoms with E-state index in [-0.39, 0.29) is 5.91 Å². The molecule has 5 rings (SSSR count). The molecule has 0 atom stereocenters. The summed E-state index contributed by atoms with van der Waals surface area (Å²) in [6.07, 6.45) is 1.80. The van der Waals surface area contributed by atoms with Crippen LogP contribution in [-0.2, 0) is 4.79 Å². The van der Waals surface area contributed by atoms with E-state index in [2.05, 4.69) is 65.0 Å². The van der Waals surface area contributed by atoms with E-state index in [1.54, 1.807) is 6.08 Å². The highest BCUT2D eigenvalue weighted by Gasteiger charge is 2.28. The monoisotopic (exact) mass is 443 g/mol. The number of benzene rings is 2. The van der Waals surface area contributed by atoms with Crippen LogP contribution in [-0.4, -0.2) is 42.2 Å². The average Bonchev–Trinajstić information content (AvgIpc) is 3.42. The summed E-state index contributed by atoms with van der Waals surface area (Å²) in [5.41, 5.74) is 4.74. The predicted octanol–water partition coefficient (Wildman–Crippen LogP) is 5.36. The van der Waals surface area contributed by atoms with Gasteiger partial charge in [0.05, 0.1) is 4.91 Å². The van der Waals surface area contributed by atoms with E-state index >= 15 is 0 Å². The number of hydrogen-bond donors (Lipinski definition) is 0. The number of rotatable bonds is 3. The first kappa shape index (κ1) is 20.6. The highest BCUT2D eigenvalue weighted by Crippen LogP contribution is 2.32. The van der Waals surface area contributed by atoms with Crippen LogP contribution >= 0.6 is 11.8 Å². The molecule has 1 fully saturated rings. The van der Waals surface area contributed by atoms with Crippen LogP contribution in [0.3, 0.4) is 0 Å². The van der Waals surface area contributed by atoms with E-state index in [0.717, 1.165) is 42.7 Å². The number of aliphatic imine (C=N–C) groups is 1. The van der Waals surface area contributed by atoms with Crippen LogP contribution in [0.15, 0.2) is 75.0 Å². The van der Waals surface area contributed by atoms with Crippen LogP contribution in [0.1, 0.15) is 16.9 Å². The normalized spacial score (nSPS) is 17.9. The first-order chi connectivity index (χ1) is 15.5. The van der Waals surface area contributed by atoms with Gasteiger partial charge in [0, 0.05) is 43.5 Å². The molecule has 32 heavy (non-hydrogen) atoms. The molecule has 0 unspecified atom stereocenters. The third-order valence-electron chi connectivity index (χ3n) is 5.79. The van der Waals surface area contributed by atoms with Crippen molar-refractivity contribution >= 4 is 34.6 Å². The van der Waals surface area contributed by atoms with Crippen molar-refractivity contribution in [3.63, 3.8) is 0 Å². The van der Waals surface area contributed by atoms with Crippen molar-refractivity contribution in [2.24, 2.45) is 4.99 Å². The van der Waals surface area contributed by atoms with Crippen molar-refractivity contribution in [3.05, 3.63) is 82.5 Å². The number of aryl methyl sites for hydroxylation is 2. The van der Waals surface area contributed by atoms with Crippen LogP contribution in [0.5, 0.6) is 0 Å². The van der Waals surface area contributed by atoms with Crippen LogP contribution in [0.25, 0.3) is 17.4 Å². The number of carbonyl (C=O) groups excluding carboxylic acids is 1. The Morgan fingerprint density at radius 2 is 1.47 bits per heavy atom. The van der Waals surface area contributed by atoms with Crippen molar-refractivity contribution in [1.29, 1.82) is 0 Å². The van der Waals surface area contributed by atoms with E-state index < -0.39 is 0 Å². The van der Waals surface area contributed by atoms with Gasteiger partial charge < -0.3 is 14.2 Å². The molecule has 0 N–H and O–H groups in total. The topological polar surface area (TPSA) is 49.0 Å². The third kappa shape index (κ3) is 4.36. The molecule has 3 heterocycles. The van der Waals surface area contributed by atoms with E-state index in [1.165, 1.54) is 28.6 Å². The number of furan rings is 1. The van der Waals surface area contributed by atoms with Gasteiger partial charge in [-0.2, -0.15) is 4.99 Å². The van der Waals surface area contributed by atoms with Gasteiger partial charge >= 0.3 is 0 Å². The minimum Gasteiger partial charge on any atom is -0.457 e. The van der Waals surface area contributed by atoms with Crippen molar-refractivity contribution in [1.82, 2.24) is 4.90 Å². The van der Waals surface area contributed by atoms with E-state index in [1.807, 2.05) is 24.3 Å². The SMILES string of the molecule is Cc1ccc(-c2ccc(/C=C3/SC(N4CCN(c5ccc(C)cc5)CC4)=NC3=O)o2)cc1. The molecule has 0 saturated carbocycles. The smallest absolute Gasteiger partial charge is 0.286 e. The van der Waals surface area contributed by atoms with Gasteiger partial charge in [0.25, 0.3) is 5.91 Å². The lowest BCUT2D eigenvalue weighted by atomic mass is 10.1. The number of nitrogens with zero attached hydrogens (tertiary/aromatic N) is 3. The minimum atomic E-state index is -0.195. The second-order valence-electron chi connectivity index (χ2n) is 8.19. The maximum atomic E-state index is 12.5. The van der Waals surface area contributed by atoms with Gasteiger partial charge in [-0.3, -0.25) is 4.79 Å². The Morgan fingerprint density at radius 3 is 2.16 bits per heavy atom. The lowest BCUT2D eigenvalue weighted by Crippen LogP contribution is -2.47. The first-order valence-electron chi connectivity index (χ1n) is 10.8. The summed E-state index contributed by atoms with van der Waals surface area (Å²) in [6.45, 7) is 7.68. The molecule has 2 aliphatic heterocycles. The zero-order valence-corrected chi connectivity index (χ0v) is 19.1. The molecule has 1 aromatic heterocycles. The Kier molecular flexibility index (Phi) is 5.62. The lowest BCUT2D eigenvalue weighted by molar-refractivity contribution is -0.113. The fourth-order valence-electron chi connectivity index (χ4n) is 3.88. The molecule has 3 aromatic rings. The number of thioether (sulfide) groups is 1. The molecule has 0 radical (unpaired) electrons. The number of carbonyl (C=O) groups is 1. The summed E-state index contributed by atoms with van der Waals surface area (Å²) >= 11 is 1.44. The second-order valence-corrected chi connectivity index (χ2v) is 9.20. The molecule has 2 aliphatic rings. The number of anilines is 1. The largest absolute Gasteiger partial charge is 0.457 e. The Labute approximate surface area is 192 Å². The average molecular weight is 444 g/mol. The number of hydrogen-bond acceptors (Lipinski definition) is 5. The fourth-order valence-corrected chi connectivity index (χ4v) is 4.82. The Balaban J connectivity index is 1.22. The van der Waals surface area contributed by atoms with Crippen molar-refractivity contribution in [3.8, 4) is 11.3 Å². The maximum absolute atomic E-state index is 12.5. The molecule has 6 heteroatoms. The Morgan fingerprint density at radius 1 is 0.844 bits per heavy atom. The van der Waals surface area contributed by atoms with Crippen LogP contribution in [0.4, 0.5) is 5.69 Å². The molecular formula is C26H25N3O2S. The van der Waals surface area contributed by atoms with Crippen molar-refractivity contribution < 1.29 is 9.21 Å². The molecule has 162 valence electrons. The van der Waals surface area contributed by atoms with Crippen LogP contribution in [0, 0.1) is 13.8 Å².